The Morgan fingerprint density at radius 2 is 1.79 bits per heavy atom. The van der Waals surface area contributed by atoms with Crippen molar-refractivity contribution in [1.82, 2.24) is 5.32 Å². The number of hydrogen-bond donors (Lipinski definition) is 2. The lowest BCUT2D eigenvalue weighted by Crippen LogP contribution is -2.51. The minimum Gasteiger partial charge on any atom is -0.497 e. The molecule has 0 aliphatic carbocycles. The summed E-state index contributed by atoms with van der Waals surface area (Å²) in [4.78, 5) is 2.36. The van der Waals surface area contributed by atoms with E-state index in [-0.39, 0.29) is 31.3 Å². The minimum absolute atomic E-state index is 0.0107. The third kappa shape index (κ3) is 7.59. The van der Waals surface area contributed by atoms with E-state index in [1.165, 1.54) is 0 Å². The average Bonchev–Trinajstić information content (AvgIpc) is 2.95. The molecule has 0 bridgehead atoms. The predicted octanol–water partition coefficient (Wildman–Crippen LogP) is 2.60. The summed E-state index contributed by atoms with van der Waals surface area (Å²) in [5.74, 6) is 1.71. The van der Waals surface area contributed by atoms with Gasteiger partial charge in [-0.2, -0.15) is 0 Å². The first kappa shape index (κ1) is 28.6. The van der Waals surface area contributed by atoms with E-state index in [2.05, 4.69) is 34.5 Å². The highest BCUT2D eigenvalue weighted by molar-refractivity contribution is 5.61. The van der Waals surface area contributed by atoms with Gasteiger partial charge >= 0.3 is 0 Å². The molecule has 0 spiro atoms. The number of nitrogens with zero attached hydrogens (tertiary/aromatic N) is 1. The molecule has 1 fully saturated rings. The molecule has 9 heteroatoms. The summed E-state index contributed by atoms with van der Waals surface area (Å²) in [6.07, 6.45) is 0.00467. The molecule has 2 heterocycles. The van der Waals surface area contributed by atoms with Crippen molar-refractivity contribution in [2.45, 2.75) is 37.3 Å². The average molecular weight is 531 g/mol. The molecule has 2 aliphatic heterocycles. The zero-order valence-corrected chi connectivity index (χ0v) is 22.8. The van der Waals surface area contributed by atoms with Crippen LogP contribution in [0.5, 0.6) is 11.5 Å². The molecule has 2 aromatic carbocycles. The van der Waals surface area contributed by atoms with E-state index in [0.717, 1.165) is 54.4 Å². The van der Waals surface area contributed by atoms with Gasteiger partial charge in [-0.25, -0.2) is 0 Å². The van der Waals surface area contributed by atoms with Crippen LogP contribution in [0, 0.1) is 0 Å². The van der Waals surface area contributed by atoms with Crippen molar-refractivity contribution in [2.24, 2.45) is 0 Å². The maximum absolute atomic E-state index is 10.2. The van der Waals surface area contributed by atoms with Gasteiger partial charge in [0.25, 0.3) is 0 Å². The van der Waals surface area contributed by atoms with Crippen molar-refractivity contribution in [2.75, 3.05) is 78.8 Å². The van der Waals surface area contributed by atoms with Gasteiger partial charge in [-0.15, -0.1) is 0 Å². The van der Waals surface area contributed by atoms with Gasteiger partial charge in [0.2, 0.25) is 0 Å². The van der Waals surface area contributed by atoms with E-state index in [9.17, 15) is 5.11 Å². The van der Waals surface area contributed by atoms with Gasteiger partial charge in [0.1, 0.15) is 24.2 Å². The van der Waals surface area contributed by atoms with Crippen molar-refractivity contribution in [1.29, 1.82) is 0 Å². The number of piperidine rings is 1. The second-order valence-corrected chi connectivity index (χ2v) is 9.77. The third-order valence-electron chi connectivity index (χ3n) is 7.08. The molecule has 4 rings (SSSR count). The Hall–Kier alpha value is -2.40. The van der Waals surface area contributed by atoms with Crippen LogP contribution in [0.1, 0.15) is 23.5 Å². The largest absolute Gasteiger partial charge is 0.497 e. The van der Waals surface area contributed by atoms with E-state index >= 15 is 0 Å². The van der Waals surface area contributed by atoms with Crippen molar-refractivity contribution in [3.63, 3.8) is 0 Å². The lowest BCUT2D eigenvalue weighted by atomic mass is 9.85. The molecule has 9 nitrogen and oxygen atoms in total. The van der Waals surface area contributed by atoms with Crippen molar-refractivity contribution >= 4 is 5.69 Å². The molecule has 1 saturated heterocycles. The topological polar surface area (TPSA) is 90.9 Å². The maximum Gasteiger partial charge on any atom is 0.142 e. The summed E-state index contributed by atoms with van der Waals surface area (Å²) in [6.45, 7) is 5.49. The van der Waals surface area contributed by atoms with Gasteiger partial charge in [-0.3, -0.25) is 0 Å². The second-order valence-electron chi connectivity index (χ2n) is 9.77. The van der Waals surface area contributed by atoms with Crippen LogP contribution in [-0.4, -0.2) is 97.4 Å². The number of aliphatic hydroxyl groups is 1. The van der Waals surface area contributed by atoms with Crippen LogP contribution in [0.3, 0.4) is 0 Å². The van der Waals surface area contributed by atoms with Gasteiger partial charge in [0.15, 0.2) is 0 Å². The first-order valence-electron chi connectivity index (χ1n) is 13.4. The van der Waals surface area contributed by atoms with Crippen molar-refractivity contribution < 1.29 is 33.5 Å². The molecule has 2 aliphatic rings. The summed E-state index contributed by atoms with van der Waals surface area (Å²) >= 11 is 0. The monoisotopic (exact) mass is 530 g/mol. The second kappa shape index (κ2) is 14.7. The fraction of sp³-hybridized carbons (Fsp3) is 0.586. The van der Waals surface area contributed by atoms with Crippen LogP contribution in [0.2, 0.25) is 0 Å². The maximum atomic E-state index is 10.2. The number of nitrogens with one attached hydrogen (secondary N) is 1. The lowest BCUT2D eigenvalue weighted by Gasteiger charge is -2.39. The van der Waals surface area contributed by atoms with E-state index in [0.29, 0.717) is 26.3 Å². The Morgan fingerprint density at radius 1 is 1.00 bits per heavy atom. The van der Waals surface area contributed by atoms with E-state index in [4.69, 9.17) is 28.4 Å². The molecule has 38 heavy (non-hydrogen) atoms. The number of benzene rings is 2. The zero-order valence-electron chi connectivity index (χ0n) is 22.8. The summed E-state index contributed by atoms with van der Waals surface area (Å²) in [7, 11) is 4.97. The number of methoxy groups -OCH3 is 3. The van der Waals surface area contributed by atoms with E-state index in [1.54, 1.807) is 21.3 Å². The lowest BCUT2D eigenvalue weighted by molar-refractivity contribution is -0.0856. The highest BCUT2D eigenvalue weighted by atomic mass is 16.5. The Morgan fingerprint density at radius 3 is 2.53 bits per heavy atom. The predicted molar refractivity (Wildman–Crippen MR) is 145 cm³/mol. The Labute approximate surface area is 225 Å². The molecule has 210 valence electrons. The van der Waals surface area contributed by atoms with Crippen LogP contribution >= 0.6 is 0 Å². The first-order chi connectivity index (χ1) is 18.6. The SMILES string of the molecule is COCCCN1CCOc2ccc(CO[C@H]3CNC[C@@H](OC[C@H](O)COC)C3c3ccc(OC)cc3)cc21. The summed E-state index contributed by atoms with van der Waals surface area (Å²) in [5.41, 5.74) is 3.32. The zero-order chi connectivity index (χ0) is 26.7. The molecular formula is C29H42N2O7. The third-order valence-corrected chi connectivity index (χ3v) is 7.08. The highest BCUT2D eigenvalue weighted by Gasteiger charge is 2.36. The van der Waals surface area contributed by atoms with E-state index in [1.807, 2.05) is 18.2 Å². The number of fused-ring (bicyclic) bond motifs is 1. The van der Waals surface area contributed by atoms with Crippen molar-refractivity contribution in [3.8, 4) is 11.5 Å². The quantitative estimate of drug-likeness (QED) is 0.358. The van der Waals surface area contributed by atoms with Crippen LogP contribution < -0.4 is 19.7 Å². The van der Waals surface area contributed by atoms with Crippen LogP contribution in [0.15, 0.2) is 42.5 Å². The number of anilines is 1. The molecule has 0 radical (unpaired) electrons. The molecule has 1 unspecified atom stereocenters. The highest BCUT2D eigenvalue weighted by Crippen LogP contribution is 2.35. The Bertz CT molecular complexity index is 974. The summed E-state index contributed by atoms with van der Waals surface area (Å²) < 4.78 is 34.3. The minimum atomic E-state index is -0.678. The molecule has 0 amide bonds. The first-order valence-corrected chi connectivity index (χ1v) is 13.4. The number of aliphatic hydroxyl groups excluding tert-OH is 1. The number of rotatable bonds is 14. The fourth-order valence-electron chi connectivity index (χ4n) is 5.16. The standard InChI is InChI=1S/C29H42N2O7/c1-33-13-4-11-31-12-14-36-26-10-5-21(15-25(26)31)18-37-27-16-30-17-28(38-20-23(32)19-34-2)29(27)22-6-8-24(35-3)9-7-22/h5-10,15,23,27-30,32H,4,11-14,16-20H2,1-3H3/t23-,27+,28-,29?/m1/s1. The smallest absolute Gasteiger partial charge is 0.142 e. The molecule has 0 saturated carbocycles. The van der Waals surface area contributed by atoms with Gasteiger partial charge in [0.05, 0.1) is 51.4 Å². The number of hydrogen-bond acceptors (Lipinski definition) is 9. The molecule has 0 aromatic heterocycles. The van der Waals surface area contributed by atoms with Crippen LogP contribution in [0.25, 0.3) is 0 Å². The van der Waals surface area contributed by atoms with E-state index < -0.39 is 6.10 Å². The van der Waals surface area contributed by atoms with Crippen LogP contribution in [0.4, 0.5) is 5.69 Å². The molecular weight excluding hydrogens is 488 g/mol. The Kier molecular flexibility index (Phi) is 11.0. The van der Waals surface area contributed by atoms with Gasteiger partial charge in [-0.05, 0) is 41.8 Å². The van der Waals surface area contributed by atoms with Crippen LogP contribution in [-0.2, 0) is 25.6 Å². The molecule has 2 N–H and O–H groups in total. The van der Waals surface area contributed by atoms with Gasteiger partial charge < -0.3 is 43.7 Å². The normalized spacial score (nSPS) is 22.0. The number of ether oxygens (including phenoxy) is 6. The molecule has 4 atom stereocenters. The van der Waals surface area contributed by atoms with Gasteiger partial charge in [-0.1, -0.05) is 18.2 Å². The van der Waals surface area contributed by atoms with Gasteiger partial charge in [0, 0.05) is 46.4 Å². The molecule has 2 aromatic rings. The summed E-state index contributed by atoms with van der Waals surface area (Å²) in [6, 6.07) is 14.4. The fourth-order valence-corrected chi connectivity index (χ4v) is 5.16. The Balaban J connectivity index is 1.47. The summed E-state index contributed by atoms with van der Waals surface area (Å²) in [5, 5.41) is 13.6. The van der Waals surface area contributed by atoms with Crippen molar-refractivity contribution in [3.05, 3.63) is 53.6 Å².